The molecule has 0 bridgehead atoms. The summed E-state index contributed by atoms with van der Waals surface area (Å²) < 4.78 is 0. The van der Waals surface area contributed by atoms with E-state index in [1.807, 2.05) is 6.92 Å². The summed E-state index contributed by atoms with van der Waals surface area (Å²) in [6.45, 7) is 3.98. The third-order valence-corrected chi connectivity index (χ3v) is 2.65. The topological polar surface area (TPSA) is 75.9 Å². The average molecular weight is 207 g/mol. The van der Waals surface area contributed by atoms with Crippen molar-refractivity contribution in [2.45, 2.75) is 25.8 Å². The Balaban J connectivity index is 2.00. The van der Waals surface area contributed by atoms with Crippen molar-refractivity contribution in [3.63, 3.8) is 0 Å². The molecule has 1 aliphatic rings. The molecule has 82 valence electrons. The molecule has 2 rings (SSSR count). The van der Waals surface area contributed by atoms with Gasteiger partial charge in [0.05, 0.1) is 17.6 Å². The maximum Gasteiger partial charge on any atom is 0.223 e. The van der Waals surface area contributed by atoms with Gasteiger partial charge in [-0.3, -0.25) is 0 Å². The van der Waals surface area contributed by atoms with Crippen LogP contribution in [0.5, 0.6) is 0 Å². The predicted molar refractivity (Wildman–Crippen MR) is 60.7 cm³/mol. The summed E-state index contributed by atoms with van der Waals surface area (Å²) >= 11 is 0. The van der Waals surface area contributed by atoms with Gasteiger partial charge in [0.25, 0.3) is 0 Å². The lowest BCUT2D eigenvalue weighted by Crippen LogP contribution is -2.38. The Morgan fingerprint density at radius 2 is 2.47 bits per heavy atom. The van der Waals surface area contributed by atoms with E-state index in [1.54, 1.807) is 6.20 Å². The summed E-state index contributed by atoms with van der Waals surface area (Å²) in [4.78, 5) is 8.45. The molecule has 1 fully saturated rings. The number of aromatic nitrogens is 2. The molecule has 1 saturated heterocycles. The van der Waals surface area contributed by atoms with E-state index in [-0.39, 0.29) is 0 Å². The Morgan fingerprint density at radius 1 is 1.60 bits per heavy atom. The molecule has 0 aromatic carbocycles. The number of hydrogen-bond donors (Lipinski definition) is 3. The van der Waals surface area contributed by atoms with E-state index in [9.17, 15) is 0 Å². The van der Waals surface area contributed by atoms with Crippen molar-refractivity contribution < 1.29 is 0 Å². The van der Waals surface area contributed by atoms with Crippen LogP contribution in [0, 0.1) is 6.92 Å². The molecular weight excluding hydrogens is 190 g/mol. The molecule has 1 atom stereocenters. The molecule has 1 aromatic rings. The normalized spacial score (nSPS) is 21.3. The van der Waals surface area contributed by atoms with Gasteiger partial charge in [0.15, 0.2) is 0 Å². The number of nitrogen functional groups attached to an aromatic ring is 1. The van der Waals surface area contributed by atoms with Crippen LogP contribution in [0.3, 0.4) is 0 Å². The van der Waals surface area contributed by atoms with Gasteiger partial charge in [-0.25, -0.2) is 9.97 Å². The lowest BCUT2D eigenvalue weighted by molar-refractivity contribution is 0.478. The molecule has 1 aromatic heterocycles. The zero-order valence-corrected chi connectivity index (χ0v) is 8.95. The van der Waals surface area contributed by atoms with Gasteiger partial charge < -0.3 is 16.4 Å². The summed E-state index contributed by atoms with van der Waals surface area (Å²) in [7, 11) is 0. The standard InChI is InChI=1S/C10H17N5/c1-7-9(11)6-13-10(14-7)15-8-3-2-4-12-5-8/h6,8,12H,2-5,11H2,1H3,(H,13,14,15). The highest BCUT2D eigenvalue weighted by atomic mass is 15.1. The van der Waals surface area contributed by atoms with E-state index in [2.05, 4.69) is 20.6 Å². The molecule has 4 N–H and O–H groups in total. The molecule has 0 spiro atoms. The van der Waals surface area contributed by atoms with Crippen molar-refractivity contribution in [1.82, 2.24) is 15.3 Å². The molecule has 0 radical (unpaired) electrons. The minimum absolute atomic E-state index is 0.432. The van der Waals surface area contributed by atoms with Crippen LogP contribution in [-0.4, -0.2) is 29.1 Å². The Labute approximate surface area is 89.5 Å². The quantitative estimate of drug-likeness (QED) is 0.659. The molecule has 1 unspecified atom stereocenters. The number of piperidine rings is 1. The van der Waals surface area contributed by atoms with Crippen LogP contribution in [0.2, 0.25) is 0 Å². The van der Waals surface area contributed by atoms with Crippen LogP contribution in [-0.2, 0) is 0 Å². The summed E-state index contributed by atoms with van der Waals surface area (Å²) in [6, 6.07) is 0.432. The van der Waals surface area contributed by atoms with Crippen molar-refractivity contribution in [3.8, 4) is 0 Å². The molecule has 0 aliphatic carbocycles. The van der Waals surface area contributed by atoms with E-state index in [4.69, 9.17) is 5.73 Å². The second-order valence-electron chi connectivity index (χ2n) is 3.92. The Hall–Kier alpha value is -1.36. The van der Waals surface area contributed by atoms with E-state index < -0.39 is 0 Å². The minimum atomic E-state index is 0.432. The second-order valence-corrected chi connectivity index (χ2v) is 3.92. The molecule has 2 heterocycles. The highest BCUT2D eigenvalue weighted by molar-refractivity contribution is 5.43. The first-order valence-corrected chi connectivity index (χ1v) is 5.32. The summed E-state index contributed by atoms with van der Waals surface area (Å²) in [6.07, 6.45) is 4.02. The fourth-order valence-corrected chi connectivity index (χ4v) is 1.70. The first-order chi connectivity index (χ1) is 7.25. The van der Waals surface area contributed by atoms with Gasteiger partial charge in [0.1, 0.15) is 0 Å². The van der Waals surface area contributed by atoms with Crippen molar-refractivity contribution in [3.05, 3.63) is 11.9 Å². The Bertz CT molecular complexity index is 333. The number of nitrogens with zero attached hydrogens (tertiary/aromatic N) is 2. The van der Waals surface area contributed by atoms with Crippen molar-refractivity contribution >= 4 is 11.6 Å². The van der Waals surface area contributed by atoms with E-state index >= 15 is 0 Å². The minimum Gasteiger partial charge on any atom is -0.396 e. The average Bonchev–Trinajstić information content (AvgIpc) is 2.25. The SMILES string of the molecule is Cc1nc(NC2CCCNC2)ncc1N. The molecule has 0 amide bonds. The van der Waals surface area contributed by atoms with Crippen molar-refractivity contribution in [1.29, 1.82) is 0 Å². The number of hydrogen-bond acceptors (Lipinski definition) is 5. The van der Waals surface area contributed by atoms with Gasteiger partial charge in [0.2, 0.25) is 5.95 Å². The number of rotatable bonds is 2. The maximum atomic E-state index is 5.66. The van der Waals surface area contributed by atoms with Crippen LogP contribution in [0.15, 0.2) is 6.20 Å². The van der Waals surface area contributed by atoms with Crippen LogP contribution in [0.25, 0.3) is 0 Å². The van der Waals surface area contributed by atoms with Gasteiger partial charge in [-0.05, 0) is 26.3 Å². The summed E-state index contributed by atoms with van der Waals surface area (Å²) in [5.74, 6) is 0.676. The number of nitrogens with two attached hydrogens (primary N) is 1. The monoisotopic (exact) mass is 207 g/mol. The maximum absolute atomic E-state index is 5.66. The summed E-state index contributed by atoms with van der Waals surface area (Å²) in [5.41, 5.74) is 7.13. The third-order valence-electron chi connectivity index (χ3n) is 2.65. The highest BCUT2D eigenvalue weighted by Crippen LogP contribution is 2.11. The first-order valence-electron chi connectivity index (χ1n) is 5.32. The lowest BCUT2D eigenvalue weighted by Gasteiger charge is -2.23. The Morgan fingerprint density at radius 3 is 3.13 bits per heavy atom. The van der Waals surface area contributed by atoms with Gasteiger partial charge in [0, 0.05) is 12.6 Å². The molecule has 5 nitrogen and oxygen atoms in total. The number of aryl methyl sites for hydroxylation is 1. The predicted octanol–water partition coefficient (Wildman–Crippen LogP) is 0.531. The largest absolute Gasteiger partial charge is 0.396 e. The fraction of sp³-hybridized carbons (Fsp3) is 0.600. The van der Waals surface area contributed by atoms with Gasteiger partial charge in [-0.2, -0.15) is 0 Å². The van der Waals surface area contributed by atoms with Crippen LogP contribution < -0.4 is 16.4 Å². The van der Waals surface area contributed by atoms with E-state index in [1.165, 1.54) is 12.8 Å². The smallest absolute Gasteiger partial charge is 0.223 e. The van der Waals surface area contributed by atoms with Crippen molar-refractivity contribution in [2.75, 3.05) is 24.1 Å². The zero-order chi connectivity index (χ0) is 10.7. The van der Waals surface area contributed by atoms with Crippen LogP contribution in [0.1, 0.15) is 18.5 Å². The zero-order valence-electron chi connectivity index (χ0n) is 8.95. The molecular formula is C10H17N5. The third kappa shape index (κ3) is 2.56. The van der Waals surface area contributed by atoms with Gasteiger partial charge in [-0.15, -0.1) is 0 Å². The van der Waals surface area contributed by atoms with Crippen molar-refractivity contribution in [2.24, 2.45) is 0 Å². The molecule has 15 heavy (non-hydrogen) atoms. The molecule has 0 saturated carbocycles. The fourth-order valence-electron chi connectivity index (χ4n) is 1.70. The lowest BCUT2D eigenvalue weighted by atomic mass is 10.1. The highest BCUT2D eigenvalue weighted by Gasteiger charge is 2.13. The van der Waals surface area contributed by atoms with E-state index in [0.29, 0.717) is 17.7 Å². The van der Waals surface area contributed by atoms with Gasteiger partial charge >= 0.3 is 0 Å². The number of nitrogens with one attached hydrogen (secondary N) is 2. The second kappa shape index (κ2) is 4.44. The molecule has 5 heteroatoms. The number of anilines is 2. The Kier molecular flexibility index (Phi) is 3.01. The first kappa shape index (κ1) is 10.2. The van der Waals surface area contributed by atoms with E-state index in [0.717, 1.165) is 18.8 Å². The van der Waals surface area contributed by atoms with Crippen LogP contribution in [0.4, 0.5) is 11.6 Å². The van der Waals surface area contributed by atoms with Crippen LogP contribution >= 0.6 is 0 Å². The molecule has 1 aliphatic heterocycles. The summed E-state index contributed by atoms with van der Waals surface area (Å²) in [5, 5.41) is 6.65. The van der Waals surface area contributed by atoms with Gasteiger partial charge in [-0.1, -0.05) is 0 Å².